The van der Waals surface area contributed by atoms with Crippen LogP contribution in [-0.4, -0.2) is 27.8 Å². The smallest absolute Gasteiger partial charge is 0.0863 e. The summed E-state index contributed by atoms with van der Waals surface area (Å²) in [5.41, 5.74) is 2.04. The first kappa shape index (κ1) is 17.0. The van der Waals surface area contributed by atoms with Crippen LogP contribution in [0, 0.1) is 17.2 Å². The van der Waals surface area contributed by atoms with E-state index in [0.29, 0.717) is 12.3 Å². The lowest BCUT2D eigenvalue weighted by Gasteiger charge is -2.23. The fourth-order valence-electron chi connectivity index (χ4n) is 2.34. The van der Waals surface area contributed by atoms with Gasteiger partial charge in [0.25, 0.3) is 0 Å². The molecule has 0 amide bonds. The van der Waals surface area contributed by atoms with Crippen LogP contribution in [-0.2, 0) is 19.5 Å². The molecule has 0 fully saturated rings. The SMILES string of the molecule is CCc1nn(CC)c(CN(CCC#N)CC(C)C)c1Cl. The molecule has 0 unspecified atom stereocenters. The third-order valence-electron chi connectivity index (χ3n) is 3.23. The van der Waals surface area contributed by atoms with Crippen molar-refractivity contribution in [2.75, 3.05) is 13.1 Å². The molecule has 112 valence electrons. The summed E-state index contributed by atoms with van der Waals surface area (Å²) in [6, 6.07) is 2.22. The number of nitrogens with zero attached hydrogens (tertiary/aromatic N) is 4. The zero-order valence-electron chi connectivity index (χ0n) is 13.0. The molecule has 0 aliphatic carbocycles. The summed E-state index contributed by atoms with van der Waals surface area (Å²) < 4.78 is 1.99. The zero-order chi connectivity index (χ0) is 15.1. The van der Waals surface area contributed by atoms with E-state index in [-0.39, 0.29) is 0 Å². The molecule has 4 nitrogen and oxygen atoms in total. The second-order valence-corrected chi connectivity index (χ2v) is 5.79. The molecule has 0 bridgehead atoms. The molecule has 5 heteroatoms. The maximum Gasteiger partial charge on any atom is 0.0863 e. The van der Waals surface area contributed by atoms with Gasteiger partial charge in [0.05, 0.1) is 22.5 Å². The van der Waals surface area contributed by atoms with Gasteiger partial charge in [0.15, 0.2) is 0 Å². The van der Waals surface area contributed by atoms with E-state index in [4.69, 9.17) is 16.9 Å². The molecular weight excluding hydrogens is 272 g/mol. The average Bonchev–Trinajstić information content (AvgIpc) is 2.72. The van der Waals surface area contributed by atoms with Crippen molar-refractivity contribution in [3.63, 3.8) is 0 Å². The number of nitriles is 1. The molecule has 1 aromatic rings. The lowest BCUT2D eigenvalue weighted by molar-refractivity contribution is 0.234. The van der Waals surface area contributed by atoms with Crippen LogP contribution in [0.2, 0.25) is 5.02 Å². The molecule has 0 saturated heterocycles. The molecule has 1 aromatic heterocycles. The van der Waals surface area contributed by atoms with Crippen molar-refractivity contribution in [2.24, 2.45) is 5.92 Å². The first-order valence-corrected chi connectivity index (χ1v) is 7.74. The van der Waals surface area contributed by atoms with Crippen LogP contribution >= 0.6 is 11.6 Å². The van der Waals surface area contributed by atoms with Crippen molar-refractivity contribution in [2.45, 2.75) is 53.6 Å². The van der Waals surface area contributed by atoms with Crippen LogP contribution in [0.4, 0.5) is 0 Å². The Morgan fingerprint density at radius 1 is 1.40 bits per heavy atom. The molecule has 0 saturated carbocycles. The van der Waals surface area contributed by atoms with E-state index < -0.39 is 0 Å². The van der Waals surface area contributed by atoms with Crippen LogP contribution in [0.3, 0.4) is 0 Å². The first-order valence-electron chi connectivity index (χ1n) is 7.36. The van der Waals surface area contributed by atoms with Crippen LogP contribution in [0.25, 0.3) is 0 Å². The van der Waals surface area contributed by atoms with Gasteiger partial charge in [0, 0.05) is 32.6 Å². The van der Waals surface area contributed by atoms with Crippen molar-refractivity contribution < 1.29 is 0 Å². The maximum atomic E-state index is 8.79. The quantitative estimate of drug-likeness (QED) is 0.737. The fraction of sp³-hybridized carbons (Fsp3) is 0.733. The Kier molecular flexibility index (Phi) is 7.04. The molecule has 0 aliphatic rings. The van der Waals surface area contributed by atoms with Crippen LogP contribution in [0.15, 0.2) is 0 Å². The second kappa shape index (κ2) is 8.28. The topological polar surface area (TPSA) is 44.9 Å². The molecule has 0 aliphatic heterocycles. The van der Waals surface area contributed by atoms with Gasteiger partial charge < -0.3 is 0 Å². The normalized spacial score (nSPS) is 11.3. The minimum atomic E-state index is 0.547. The van der Waals surface area contributed by atoms with E-state index in [0.717, 1.165) is 49.0 Å². The van der Waals surface area contributed by atoms with E-state index in [1.165, 1.54) is 0 Å². The van der Waals surface area contributed by atoms with E-state index in [2.05, 4.69) is 43.8 Å². The van der Waals surface area contributed by atoms with Gasteiger partial charge in [-0.2, -0.15) is 10.4 Å². The predicted molar refractivity (Wildman–Crippen MR) is 82.6 cm³/mol. The molecule has 0 spiro atoms. The Morgan fingerprint density at radius 3 is 2.60 bits per heavy atom. The maximum absolute atomic E-state index is 8.79. The number of aromatic nitrogens is 2. The average molecular weight is 297 g/mol. The molecule has 20 heavy (non-hydrogen) atoms. The van der Waals surface area contributed by atoms with Crippen molar-refractivity contribution >= 4 is 11.6 Å². The summed E-state index contributed by atoms with van der Waals surface area (Å²) in [6.45, 7) is 11.9. The number of rotatable bonds is 8. The lowest BCUT2D eigenvalue weighted by atomic mass is 10.2. The molecule has 0 N–H and O–H groups in total. The van der Waals surface area contributed by atoms with E-state index >= 15 is 0 Å². The van der Waals surface area contributed by atoms with Gasteiger partial charge in [0.1, 0.15) is 0 Å². The first-order chi connectivity index (χ1) is 9.53. The highest BCUT2D eigenvalue weighted by atomic mass is 35.5. The second-order valence-electron chi connectivity index (χ2n) is 5.41. The third kappa shape index (κ3) is 4.50. The number of aryl methyl sites for hydroxylation is 2. The minimum Gasteiger partial charge on any atom is -0.296 e. The van der Waals surface area contributed by atoms with Gasteiger partial charge in [-0.05, 0) is 19.3 Å². The van der Waals surface area contributed by atoms with Gasteiger partial charge in [-0.25, -0.2) is 0 Å². The number of halogens is 1. The van der Waals surface area contributed by atoms with Crippen molar-refractivity contribution in [1.82, 2.24) is 14.7 Å². The minimum absolute atomic E-state index is 0.547. The number of hydrogen-bond donors (Lipinski definition) is 0. The molecule has 0 radical (unpaired) electrons. The summed E-state index contributed by atoms with van der Waals surface area (Å²) in [5.74, 6) is 0.566. The van der Waals surface area contributed by atoms with Gasteiger partial charge >= 0.3 is 0 Å². The molecule has 0 aromatic carbocycles. The van der Waals surface area contributed by atoms with Crippen molar-refractivity contribution in [3.05, 3.63) is 16.4 Å². The largest absolute Gasteiger partial charge is 0.296 e. The highest BCUT2D eigenvalue weighted by Crippen LogP contribution is 2.23. The van der Waals surface area contributed by atoms with Crippen molar-refractivity contribution in [3.8, 4) is 6.07 Å². The Bertz CT molecular complexity index is 459. The Hall–Kier alpha value is -1.05. The number of hydrogen-bond acceptors (Lipinski definition) is 3. The Morgan fingerprint density at radius 2 is 2.10 bits per heavy atom. The molecule has 1 heterocycles. The zero-order valence-corrected chi connectivity index (χ0v) is 13.7. The monoisotopic (exact) mass is 296 g/mol. The van der Waals surface area contributed by atoms with E-state index in [1.54, 1.807) is 0 Å². The summed E-state index contributed by atoms with van der Waals surface area (Å²) in [5, 5.41) is 14.1. The molecule has 0 atom stereocenters. The van der Waals surface area contributed by atoms with Crippen LogP contribution in [0.5, 0.6) is 0 Å². The standard InChI is InChI=1S/C15H25ClN4/c1-5-13-15(16)14(20(6-2)18-13)11-19(9-7-8-17)10-12(3)4/h12H,5-7,9-11H2,1-4H3. The van der Waals surface area contributed by atoms with Gasteiger partial charge in [-0.1, -0.05) is 32.4 Å². The Balaban J connectivity index is 2.91. The lowest BCUT2D eigenvalue weighted by Crippen LogP contribution is -2.29. The third-order valence-corrected chi connectivity index (χ3v) is 3.67. The van der Waals surface area contributed by atoms with E-state index in [1.807, 2.05) is 4.68 Å². The van der Waals surface area contributed by atoms with Crippen LogP contribution < -0.4 is 0 Å². The predicted octanol–water partition coefficient (Wildman–Crippen LogP) is 3.49. The van der Waals surface area contributed by atoms with Crippen LogP contribution in [0.1, 0.15) is 45.5 Å². The summed E-state index contributed by atoms with van der Waals surface area (Å²) in [6.07, 6.45) is 1.40. The van der Waals surface area contributed by atoms with Crippen molar-refractivity contribution in [1.29, 1.82) is 5.26 Å². The summed E-state index contributed by atoms with van der Waals surface area (Å²) in [4.78, 5) is 2.29. The summed E-state index contributed by atoms with van der Waals surface area (Å²) >= 11 is 6.45. The molecule has 1 rings (SSSR count). The van der Waals surface area contributed by atoms with Gasteiger partial charge in [0.2, 0.25) is 0 Å². The van der Waals surface area contributed by atoms with Gasteiger partial charge in [-0.15, -0.1) is 0 Å². The highest BCUT2D eigenvalue weighted by molar-refractivity contribution is 6.31. The molecular formula is C15H25ClN4. The summed E-state index contributed by atoms with van der Waals surface area (Å²) in [7, 11) is 0. The highest BCUT2D eigenvalue weighted by Gasteiger charge is 2.17. The van der Waals surface area contributed by atoms with E-state index in [9.17, 15) is 0 Å². The van der Waals surface area contributed by atoms with Gasteiger partial charge in [-0.3, -0.25) is 9.58 Å². The fourth-order valence-corrected chi connectivity index (χ4v) is 2.67. The Labute approximate surface area is 127 Å².